The van der Waals surface area contributed by atoms with Gasteiger partial charge in [0.25, 0.3) is 0 Å². The van der Waals surface area contributed by atoms with Gasteiger partial charge in [0.1, 0.15) is 0 Å². The quantitative estimate of drug-likeness (QED) is 0.888. The van der Waals surface area contributed by atoms with Gasteiger partial charge in [0.15, 0.2) is 0 Å². The van der Waals surface area contributed by atoms with Crippen molar-refractivity contribution in [1.82, 2.24) is 5.32 Å². The molecule has 1 fully saturated rings. The summed E-state index contributed by atoms with van der Waals surface area (Å²) >= 11 is 2.16. The van der Waals surface area contributed by atoms with E-state index < -0.39 is 0 Å². The zero-order chi connectivity index (χ0) is 13.0. The maximum atomic E-state index is 3.55. The molecule has 1 aromatic rings. The SMILES string of the molecule is CNC(Cc1cc(C)ccc1C)C1CCCCS1. The first kappa shape index (κ1) is 14.0. The molecule has 0 saturated carbocycles. The summed E-state index contributed by atoms with van der Waals surface area (Å²) in [5, 5.41) is 4.34. The molecule has 18 heavy (non-hydrogen) atoms. The molecule has 1 nitrogen and oxygen atoms in total. The molecular weight excluding hydrogens is 238 g/mol. The van der Waals surface area contributed by atoms with Crippen LogP contribution in [-0.2, 0) is 6.42 Å². The van der Waals surface area contributed by atoms with E-state index >= 15 is 0 Å². The molecule has 0 radical (unpaired) electrons. The van der Waals surface area contributed by atoms with Crippen LogP contribution in [0.2, 0.25) is 0 Å². The Bertz CT molecular complexity index is 383. The van der Waals surface area contributed by atoms with Crippen LogP contribution in [-0.4, -0.2) is 24.1 Å². The van der Waals surface area contributed by atoms with Crippen molar-refractivity contribution in [2.45, 2.75) is 50.8 Å². The van der Waals surface area contributed by atoms with Gasteiger partial charge in [-0.15, -0.1) is 0 Å². The van der Waals surface area contributed by atoms with E-state index in [1.54, 1.807) is 0 Å². The molecular formula is C16H25NS. The summed E-state index contributed by atoms with van der Waals surface area (Å²) in [4.78, 5) is 0. The molecule has 2 heteroatoms. The first-order valence-electron chi connectivity index (χ1n) is 7.05. The Hall–Kier alpha value is -0.470. The van der Waals surface area contributed by atoms with Crippen LogP contribution in [0.15, 0.2) is 18.2 Å². The maximum absolute atomic E-state index is 3.55. The molecule has 100 valence electrons. The predicted molar refractivity (Wildman–Crippen MR) is 82.6 cm³/mol. The molecule has 1 aliphatic rings. The first-order chi connectivity index (χ1) is 8.70. The Labute approximate surface area is 116 Å². The normalized spacial score (nSPS) is 21.8. The minimum Gasteiger partial charge on any atom is -0.316 e. The average Bonchev–Trinajstić information content (AvgIpc) is 2.41. The number of aryl methyl sites for hydroxylation is 2. The molecule has 1 aromatic carbocycles. The second kappa shape index (κ2) is 6.63. The summed E-state index contributed by atoms with van der Waals surface area (Å²) in [5.41, 5.74) is 4.32. The zero-order valence-electron chi connectivity index (χ0n) is 11.8. The molecule has 0 aromatic heterocycles. The average molecular weight is 263 g/mol. The highest BCUT2D eigenvalue weighted by Crippen LogP contribution is 2.29. The second-order valence-corrected chi connectivity index (χ2v) is 6.78. The van der Waals surface area contributed by atoms with Crippen LogP contribution in [0.1, 0.15) is 36.0 Å². The Morgan fingerprint density at radius 3 is 2.83 bits per heavy atom. The van der Waals surface area contributed by atoms with Crippen molar-refractivity contribution in [1.29, 1.82) is 0 Å². The predicted octanol–water partition coefficient (Wildman–Crippen LogP) is 3.72. The van der Waals surface area contributed by atoms with Gasteiger partial charge in [0, 0.05) is 11.3 Å². The molecule has 0 amide bonds. The molecule has 2 atom stereocenters. The highest BCUT2D eigenvalue weighted by Gasteiger charge is 2.23. The second-order valence-electron chi connectivity index (χ2n) is 5.43. The number of hydrogen-bond donors (Lipinski definition) is 1. The standard InChI is InChI=1S/C16H25NS/c1-12-7-8-13(2)14(10-12)11-15(17-3)16-6-4-5-9-18-16/h7-8,10,15-17H,4-6,9,11H2,1-3H3. The highest BCUT2D eigenvalue weighted by molar-refractivity contribution is 8.00. The van der Waals surface area contributed by atoms with Crippen LogP contribution in [0.4, 0.5) is 0 Å². The molecule has 0 bridgehead atoms. The fraction of sp³-hybridized carbons (Fsp3) is 0.625. The van der Waals surface area contributed by atoms with Gasteiger partial charge in [-0.1, -0.05) is 30.2 Å². The summed E-state index contributed by atoms with van der Waals surface area (Å²) < 4.78 is 0. The summed E-state index contributed by atoms with van der Waals surface area (Å²) in [6.07, 6.45) is 5.35. The molecule has 1 saturated heterocycles. The first-order valence-corrected chi connectivity index (χ1v) is 8.10. The molecule has 2 unspecified atom stereocenters. The lowest BCUT2D eigenvalue weighted by molar-refractivity contribution is 0.494. The number of thioether (sulfide) groups is 1. The zero-order valence-corrected chi connectivity index (χ0v) is 12.6. The Morgan fingerprint density at radius 2 is 2.17 bits per heavy atom. The minimum atomic E-state index is 0.621. The third-order valence-corrected chi connectivity index (χ3v) is 5.50. The largest absolute Gasteiger partial charge is 0.316 e. The van der Waals surface area contributed by atoms with Crippen molar-refractivity contribution in [3.05, 3.63) is 34.9 Å². The molecule has 1 N–H and O–H groups in total. The molecule has 2 rings (SSSR count). The summed E-state index contributed by atoms with van der Waals surface area (Å²) in [5.74, 6) is 1.34. The van der Waals surface area contributed by atoms with E-state index in [9.17, 15) is 0 Å². The molecule has 1 aliphatic heterocycles. The van der Waals surface area contributed by atoms with E-state index in [0.717, 1.165) is 5.25 Å². The van der Waals surface area contributed by atoms with E-state index in [4.69, 9.17) is 0 Å². The third kappa shape index (κ3) is 3.52. The lowest BCUT2D eigenvalue weighted by Crippen LogP contribution is -2.39. The van der Waals surface area contributed by atoms with Crippen LogP contribution >= 0.6 is 11.8 Å². The molecule has 0 spiro atoms. The number of hydrogen-bond acceptors (Lipinski definition) is 2. The van der Waals surface area contributed by atoms with Gasteiger partial charge < -0.3 is 5.32 Å². The summed E-state index contributed by atoms with van der Waals surface area (Å²) in [6.45, 7) is 4.42. The van der Waals surface area contributed by atoms with Crippen molar-refractivity contribution >= 4 is 11.8 Å². The van der Waals surface area contributed by atoms with Crippen molar-refractivity contribution in [2.75, 3.05) is 12.8 Å². The third-order valence-electron chi connectivity index (χ3n) is 3.98. The minimum absolute atomic E-state index is 0.621. The van der Waals surface area contributed by atoms with Crippen LogP contribution in [0, 0.1) is 13.8 Å². The Balaban J connectivity index is 2.06. The van der Waals surface area contributed by atoms with Crippen LogP contribution in [0.5, 0.6) is 0 Å². The monoisotopic (exact) mass is 263 g/mol. The summed E-state index contributed by atoms with van der Waals surface area (Å²) in [6, 6.07) is 7.44. The lowest BCUT2D eigenvalue weighted by atomic mass is 9.95. The van der Waals surface area contributed by atoms with Crippen LogP contribution in [0.25, 0.3) is 0 Å². The Kier molecular flexibility index (Phi) is 5.13. The van der Waals surface area contributed by atoms with E-state index in [1.807, 2.05) is 0 Å². The number of likely N-dealkylation sites (N-methyl/N-ethyl adjacent to an activating group) is 1. The summed E-state index contributed by atoms with van der Waals surface area (Å²) in [7, 11) is 2.12. The van der Waals surface area contributed by atoms with E-state index in [0.29, 0.717) is 6.04 Å². The Morgan fingerprint density at radius 1 is 1.33 bits per heavy atom. The molecule has 0 aliphatic carbocycles. The van der Waals surface area contributed by atoms with E-state index in [2.05, 4.69) is 56.2 Å². The van der Waals surface area contributed by atoms with Gasteiger partial charge in [-0.05, 0) is 57.0 Å². The van der Waals surface area contributed by atoms with Crippen molar-refractivity contribution < 1.29 is 0 Å². The fourth-order valence-corrected chi connectivity index (χ4v) is 4.23. The van der Waals surface area contributed by atoms with E-state index in [-0.39, 0.29) is 0 Å². The number of nitrogens with one attached hydrogen (secondary N) is 1. The lowest BCUT2D eigenvalue weighted by Gasteiger charge is -2.30. The van der Waals surface area contributed by atoms with Gasteiger partial charge >= 0.3 is 0 Å². The fourth-order valence-electron chi connectivity index (χ4n) is 2.76. The van der Waals surface area contributed by atoms with Gasteiger partial charge in [-0.3, -0.25) is 0 Å². The highest BCUT2D eigenvalue weighted by atomic mass is 32.2. The van der Waals surface area contributed by atoms with Gasteiger partial charge in [-0.25, -0.2) is 0 Å². The smallest absolute Gasteiger partial charge is 0.0224 e. The van der Waals surface area contributed by atoms with E-state index in [1.165, 1.54) is 48.1 Å². The number of benzene rings is 1. The van der Waals surface area contributed by atoms with Crippen LogP contribution < -0.4 is 5.32 Å². The van der Waals surface area contributed by atoms with Gasteiger partial charge in [0.2, 0.25) is 0 Å². The van der Waals surface area contributed by atoms with Gasteiger partial charge in [-0.2, -0.15) is 11.8 Å². The van der Waals surface area contributed by atoms with Crippen LogP contribution in [0.3, 0.4) is 0 Å². The number of rotatable bonds is 4. The van der Waals surface area contributed by atoms with Crippen molar-refractivity contribution in [2.24, 2.45) is 0 Å². The van der Waals surface area contributed by atoms with Crippen molar-refractivity contribution in [3.63, 3.8) is 0 Å². The molecule has 1 heterocycles. The topological polar surface area (TPSA) is 12.0 Å². The maximum Gasteiger partial charge on any atom is 0.0224 e. The van der Waals surface area contributed by atoms with Crippen molar-refractivity contribution in [3.8, 4) is 0 Å². The van der Waals surface area contributed by atoms with Gasteiger partial charge in [0.05, 0.1) is 0 Å².